The number of benzene rings is 1. The van der Waals surface area contributed by atoms with Gasteiger partial charge < -0.3 is 14.8 Å². The molecule has 0 bridgehead atoms. The summed E-state index contributed by atoms with van der Waals surface area (Å²) in [6, 6.07) is 7.59. The third kappa shape index (κ3) is 3.66. The van der Waals surface area contributed by atoms with Crippen molar-refractivity contribution in [3.8, 4) is 5.75 Å². The molecule has 0 fully saturated rings. The largest absolute Gasteiger partial charge is 0.497 e. The lowest BCUT2D eigenvalue weighted by atomic mass is 10.0. The van der Waals surface area contributed by atoms with E-state index in [1.165, 1.54) is 7.11 Å². The van der Waals surface area contributed by atoms with Crippen LogP contribution in [0.3, 0.4) is 0 Å². The second-order valence-electron chi connectivity index (χ2n) is 3.97. The van der Waals surface area contributed by atoms with Gasteiger partial charge in [-0.3, -0.25) is 4.79 Å². The number of hydrogen-bond acceptors (Lipinski definition) is 4. The average Bonchev–Trinajstić information content (AvgIpc) is 2.37. The predicted octanol–water partition coefficient (Wildman–Crippen LogP) is 2.30. The van der Waals surface area contributed by atoms with Crippen LogP contribution < -0.4 is 10.1 Å². The van der Waals surface area contributed by atoms with E-state index >= 15 is 0 Å². The van der Waals surface area contributed by atoms with Crippen LogP contribution in [0.1, 0.15) is 13.8 Å². The predicted molar refractivity (Wildman–Crippen MR) is 67.3 cm³/mol. The maximum Gasteiger partial charge on any atom is 0.310 e. The Bertz CT molecular complexity index is 361. The first-order valence-corrected chi connectivity index (χ1v) is 5.57. The number of anilines is 1. The highest BCUT2D eigenvalue weighted by Gasteiger charge is 2.20. The highest BCUT2D eigenvalue weighted by Crippen LogP contribution is 2.17. The standard InChI is InChI=1S/C13H19NO3/c1-9(13(15)17-4)10(2)14-11-5-7-12(16-3)8-6-11/h5-10,14H,1-4H3/t9-,10-/m1/s1. The summed E-state index contributed by atoms with van der Waals surface area (Å²) in [6.07, 6.45) is 0. The van der Waals surface area contributed by atoms with E-state index in [9.17, 15) is 4.79 Å². The number of esters is 1. The molecule has 1 N–H and O–H groups in total. The maximum absolute atomic E-state index is 11.4. The van der Waals surface area contributed by atoms with E-state index in [0.717, 1.165) is 11.4 Å². The molecule has 4 nitrogen and oxygen atoms in total. The Morgan fingerprint density at radius 1 is 1.18 bits per heavy atom. The van der Waals surface area contributed by atoms with Crippen LogP contribution in [-0.2, 0) is 9.53 Å². The minimum atomic E-state index is -0.210. The summed E-state index contributed by atoms with van der Waals surface area (Å²) in [6.45, 7) is 3.79. The van der Waals surface area contributed by atoms with Crippen LogP contribution in [0, 0.1) is 5.92 Å². The summed E-state index contributed by atoms with van der Waals surface area (Å²) in [5, 5.41) is 3.25. The monoisotopic (exact) mass is 237 g/mol. The molecule has 0 aliphatic carbocycles. The van der Waals surface area contributed by atoms with Crippen molar-refractivity contribution in [3.05, 3.63) is 24.3 Å². The molecule has 0 heterocycles. The second-order valence-corrected chi connectivity index (χ2v) is 3.97. The fraction of sp³-hybridized carbons (Fsp3) is 0.462. The van der Waals surface area contributed by atoms with Crippen LogP contribution >= 0.6 is 0 Å². The minimum absolute atomic E-state index is 0.0100. The van der Waals surface area contributed by atoms with Gasteiger partial charge in [-0.15, -0.1) is 0 Å². The van der Waals surface area contributed by atoms with Crippen LogP contribution in [0.4, 0.5) is 5.69 Å². The quantitative estimate of drug-likeness (QED) is 0.798. The Morgan fingerprint density at radius 2 is 1.76 bits per heavy atom. The molecule has 2 atom stereocenters. The summed E-state index contributed by atoms with van der Waals surface area (Å²) in [5.41, 5.74) is 0.953. The zero-order chi connectivity index (χ0) is 12.8. The molecule has 1 aromatic carbocycles. The van der Waals surface area contributed by atoms with Crippen molar-refractivity contribution in [2.45, 2.75) is 19.9 Å². The summed E-state index contributed by atoms with van der Waals surface area (Å²) in [5.74, 6) is 0.407. The topological polar surface area (TPSA) is 47.6 Å². The lowest BCUT2D eigenvalue weighted by Gasteiger charge is -2.20. The molecule has 94 valence electrons. The molecule has 0 saturated carbocycles. The van der Waals surface area contributed by atoms with Gasteiger partial charge in [0.2, 0.25) is 0 Å². The SMILES string of the molecule is COC(=O)[C@H](C)[C@@H](C)Nc1ccc(OC)cc1. The van der Waals surface area contributed by atoms with Gasteiger partial charge >= 0.3 is 5.97 Å². The molecule has 0 unspecified atom stereocenters. The minimum Gasteiger partial charge on any atom is -0.497 e. The molecule has 17 heavy (non-hydrogen) atoms. The molecule has 0 aliphatic rings. The number of rotatable bonds is 5. The third-order valence-corrected chi connectivity index (χ3v) is 2.81. The summed E-state index contributed by atoms with van der Waals surface area (Å²) in [4.78, 5) is 11.4. The van der Waals surface area contributed by atoms with Gasteiger partial charge in [-0.1, -0.05) is 0 Å². The molecule has 1 rings (SSSR count). The molecule has 0 spiro atoms. The molecule has 1 aromatic rings. The number of methoxy groups -OCH3 is 2. The fourth-order valence-electron chi connectivity index (χ4n) is 1.47. The lowest BCUT2D eigenvalue weighted by molar-refractivity contribution is -0.145. The first-order valence-electron chi connectivity index (χ1n) is 5.57. The normalized spacial score (nSPS) is 13.6. The first-order chi connectivity index (χ1) is 8.08. The highest BCUT2D eigenvalue weighted by molar-refractivity contribution is 5.73. The van der Waals surface area contributed by atoms with Gasteiger partial charge in [0, 0.05) is 11.7 Å². The van der Waals surface area contributed by atoms with E-state index in [-0.39, 0.29) is 17.9 Å². The molecule has 0 radical (unpaired) electrons. The Hall–Kier alpha value is -1.71. The average molecular weight is 237 g/mol. The molecule has 0 aromatic heterocycles. The maximum atomic E-state index is 11.4. The van der Waals surface area contributed by atoms with E-state index < -0.39 is 0 Å². The Kier molecular flexibility index (Phi) is 4.82. The summed E-state index contributed by atoms with van der Waals surface area (Å²) >= 11 is 0. The smallest absolute Gasteiger partial charge is 0.310 e. The third-order valence-electron chi connectivity index (χ3n) is 2.81. The van der Waals surface area contributed by atoms with Crippen molar-refractivity contribution < 1.29 is 14.3 Å². The number of hydrogen-bond donors (Lipinski definition) is 1. The van der Waals surface area contributed by atoms with Gasteiger partial charge in [-0.25, -0.2) is 0 Å². The molecule has 0 saturated heterocycles. The van der Waals surface area contributed by atoms with Crippen molar-refractivity contribution in [3.63, 3.8) is 0 Å². The molecule has 0 aliphatic heterocycles. The van der Waals surface area contributed by atoms with E-state index in [1.54, 1.807) is 7.11 Å². The first kappa shape index (κ1) is 13.4. The Morgan fingerprint density at radius 3 is 2.24 bits per heavy atom. The summed E-state index contributed by atoms with van der Waals surface area (Å²) < 4.78 is 9.78. The molecular weight excluding hydrogens is 218 g/mol. The Balaban J connectivity index is 2.60. The molecular formula is C13H19NO3. The van der Waals surface area contributed by atoms with Gasteiger partial charge in [0.15, 0.2) is 0 Å². The van der Waals surface area contributed by atoms with Crippen LogP contribution in [0.25, 0.3) is 0 Å². The van der Waals surface area contributed by atoms with Gasteiger partial charge in [-0.05, 0) is 38.1 Å². The van der Waals surface area contributed by atoms with Crippen molar-refractivity contribution >= 4 is 11.7 Å². The zero-order valence-corrected chi connectivity index (χ0v) is 10.7. The van der Waals surface area contributed by atoms with Crippen molar-refractivity contribution in [1.82, 2.24) is 0 Å². The van der Waals surface area contributed by atoms with E-state index in [1.807, 2.05) is 38.1 Å². The number of ether oxygens (including phenoxy) is 2. The van der Waals surface area contributed by atoms with Gasteiger partial charge in [0.25, 0.3) is 0 Å². The van der Waals surface area contributed by atoms with Gasteiger partial charge in [0.1, 0.15) is 5.75 Å². The molecule has 0 amide bonds. The van der Waals surface area contributed by atoms with Crippen LogP contribution in [0.5, 0.6) is 5.75 Å². The number of nitrogens with one attached hydrogen (secondary N) is 1. The van der Waals surface area contributed by atoms with Gasteiger partial charge in [-0.2, -0.15) is 0 Å². The summed E-state index contributed by atoms with van der Waals surface area (Å²) in [7, 11) is 3.03. The van der Waals surface area contributed by atoms with Crippen molar-refractivity contribution in [2.75, 3.05) is 19.5 Å². The van der Waals surface area contributed by atoms with E-state index in [4.69, 9.17) is 9.47 Å². The zero-order valence-electron chi connectivity index (χ0n) is 10.7. The van der Waals surface area contributed by atoms with Crippen LogP contribution in [-0.4, -0.2) is 26.2 Å². The van der Waals surface area contributed by atoms with E-state index in [0.29, 0.717) is 0 Å². The van der Waals surface area contributed by atoms with E-state index in [2.05, 4.69) is 5.32 Å². The van der Waals surface area contributed by atoms with Crippen molar-refractivity contribution in [2.24, 2.45) is 5.92 Å². The highest BCUT2D eigenvalue weighted by atomic mass is 16.5. The van der Waals surface area contributed by atoms with Crippen LogP contribution in [0.2, 0.25) is 0 Å². The van der Waals surface area contributed by atoms with Crippen molar-refractivity contribution in [1.29, 1.82) is 0 Å². The number of carbonyl (C=O) groups is 1. The molecule has 4 heteroatoms. The van der Waals surface area contributed by atoms with Crippen LogP contribution in [0.15, 0.2) is 24.3 Å². The lowest BCUT2D eigenvalue weighted by Crippen LogP contribution is -2.30. The second kappa shape index (κ2) is 6.13. The van der Waals surface area contributed by atoms with Gasteiger partial charge in [0.05, 0.1) is 20.1 Å². The Labute approximate surface area is 102 Å². The number of carbonyl (C=O) groups excluding carboxylic acids is 1. The fourth-order valence-corrected chi connectivity index (χ4v) is 1.47.